The van der Waals surface area contributed by atoms with Crippen LogP contribution >= 0.6 is 0 Å². The third-order valence-electron chi connectivity index (χ3n) is 6.20. The molecule has 0 fully saturated rings. The smallest absolute Gasteiger partial charge is 0.318 e. The highest BCUT2D eigenvalue weighted by Crippen LogP contribution is 2.35. The van der Waals surface area contributed by atoms with Crippen LogP contribution in [0.4, 0.5) is 17.1 Å². The van der Waals surface area contributed by atoms with E-state index in [1.165, 1.54) is 12.1 Å². The van der Waals surface area contributed by atoms with Gasteiger partial charge in [-0.2, -0.15) is 5.26 Å². The number of rotatable bonds is 8. The molecule has 1 amide bonds. The van der Waals surface area contributed by atoms with Crippen LogP contribution in [0.3, 0.4) is 0 Å². The molecular formula is C29H23N5O6. The van der Waals surface area contributed by atoms with Gasteiger partial charge in [-0.25, -0.2) is 0 Å². The van der Waals surface area contributed by atoms with Gasteiger partial charge in [0.15, 0.2) is 0 Å². The Kier molecular flexibility index (Phi) is 7.72. The number of nitro groups is 2. The molecular weight excluding hydrogens is 514 g/mol. The molecule has 4 rings (SSSR count). The van der Waals surface area contributed by atoms with Crippen LogP contribution < -0.4 is 10.1 Å². The normalized spacial score (nSPS) is 11.0. The predicted molar refractivity (Wildman–Crippen MR) is 148 cm³/mol. The van der Waals surface area contributed by atoms with Crippen molar-refractivity contribution in [1.82, 2.24) is 4.57 Å². The van der Waals surface area contributed by atoms with E-state index in [0.717, 1.165) is 34.8 Å². The van der Waals surface area contributed by atoms with Crippen molar-refractivity contribution >= 4 is 29.0 Å². The molecule has 0 saturated heterocycles. The van der Waals surface area contributed by atoms with E-state index in [2.05, 4.69) is 5.32 Å². The molecule has 0 radical (unpaired) electrons. The van der Waals surface area contributed by atoms with Gasteiger partial charge in [-0.3, -0.25) is 25.0 Å². The summed E-state index contributed by atoms with van der Waals surface area (Å²) in [5, 5.41) is 34.8. The lowest BCUT2D eigenvalue weighted by atomic mass is 10.1. The Hall–Kier alpha value is -5.76. The Morgan fingerprint density at radius 1 is 0.975 bits per heavy atom. The molecule has 0 aliphatic heterocycles. The van der Waals surface area contributed by atoms with E-state index in [9.17, 15) is 30.3 Å². The standard InChI is InChI=1S/C29H23N5O6/c1-18-6-4-5-7-26(18)31-29(35)22(17-30)15-21-14-19(2)32(20(21)3)23-8-11-25(12-9-23)40-28-13-10-24(33(36)37)16-27(28)34(38)39/h4-16H,1-3H3,(H,31,35)/b22-15-. The lowest BCUT2D eigenvalue weighted by Crippen LogP contribution is -2.14. The topological polar surface area (TPSA) is 153 Å². The molecule has 40 heavy (non-hydrogen) atoms. The second-order valence-corrected chi connectivity index (χ2v) is 8.86. The summed E-state index contributed by atoms with van der Waals surface area (Å²) in [5.74, 6) is -0.344. The van der Waals surface area contributed by atoms with Gasteiger partial charge in [0, 0.05) is 28.8 Å². The highest BCUT2D eigenvalue weighted by atomic mass is 16.6. The molecule has 0 aliphatic carbocycles. The van der Waals surface area contributed by atoms with Crippen molar-refractivity contribution in [2.24, 2.45) is 0 Å². The van der Waals surface area contributed by atoms with Crippen molar-refractivity contribution < 1.29 is 19.4 Å². The first-order valence-electron chi connectivity index (χ1n) is 12.0. The van der Waals surface area contributed by atoms with E-state index in [1.807, 2.05) is 49.6 Å². The Labute approximate surface area is 228 Å². The molecule has 4 aromatic rings. The predicted octanol–water partition coefficient (Wildman–Crippen LogP) is 6.56. The second kappa shape index (κ2) is 11.3. The number of aromatic nitrogens is 1. The zero-order valence-electron chi connectivity index (χ0n) is 21.7. The number of para-hydroxylation sites is 1. The fraction of sp³-hybridized carbons (Fsp3) is 0.103. The third kappa shape index (κ3) is 5.71. The monoisotopic (exact) mass is 537 g/mol. The molecule has 0 atom stereocenters. The summed E-state index contributed by atoms with van der Waals surface area (Å²) in [6.45, 7) is 5.61. The van der Waals surface area contributed by atoms with Gasteiger partial charge in [-0.15, -0.1) is 0 Å². The number of aryl methyl sites for hydroxylation is 2. The van der Waals surface area contributed by atoms with Crippen LogP contribution in [0.15, 0.2) is 78.4 Å². The summed E-state index contributed by atoms with van der Waals surface area (Å²) in [6.07, 6.45) is 1.54. The summed E-state index contributed by atoms with van der Waals surface area (Å²) in [7, 11) is 0. The molecule has 0 bridgehead atoms. The second-order valence-electron chi connectivity index (χ2n) is 8.86. The van der Waals surface area contributed by atoms with Gasteiger partial charge in [0.05, 0.1) is 15.9 Å². The van der Waals surface area contributed by atoms with Crippen LogP contribution in [0.1, 0.15) is 22.5 Å². The first-order chi connectivity index (χ1) is 19.1. The van der Waals surface area contributed by atoms with Gasteiger partial charge in [-0.05, 0) is 80.4 Å². The number of carbonyl (C=O) groups excluding carboxylic acids is 1. The van der Waals surface area contributed by atoms with Gasteiger partial charge in [0.2, 0.25) is 5.75 Å². The number of hydrogen-bond acceptors (Lipinski definition) is 7. The van der Waals surface area contributed by atoms with E-state index in [-0.39, 0.29) is 11.3 Å². The fourth-order valence-corrected chi connectivity index (χ4v) is 4.18. The first-order valence-corrected chi connectivity index (χ1v) is 12.0. The van der Waals surface area contributed by atoms with Crippen molar-refractivity contribution in [1.29, 1.82) is 5.26 Å². The van der Waals surface area contributed by atoms with E-state index in [0.29, 0.717) is 17.0 Å². The Bertz CT molecular complexity index is 1710. The number of nitro benzene ring substituents is 2. The minimum absolute atomic E-state index is 0.0445. The third-order valence-corrected chi connectivity index (χ3v) is 6.20. The van der Waals surface area contributed by atoms with Crippen LogP contribution in [-0.4, -0.2) is 20.3 Å². The lowest BCUT2D eigenvalue weighted by molar-refractivity contribution is -0.394. The molecule has 0 spiro atoms. The van der Waals surface area contributed by atoms with Crippen LogP contribution in [0.25, 0.3) is 11.8 Å². The maximum Gasteiger partial charge on any atom is 0.318 e. The number of amides is 1. The number of ether oxygens (including phenoxy) is 1. The lowest BCUT2D eigenvalue weighted by Gasteiger charge is -2.11. The average Bonchev–Trinajstić information content (AvgIpc) is 3.21. The SMILES string of the molecule is Cc1ccccc1NC(=O)/C(C#N)=C\c1cc(C)n(-c2ccc(Oc3ccc([N+](=O)[O-])cc3[N+](=O)[O-])cc2)c1C. The minimum atomic E-state index is -0.741. The number of nitriles is 1. The Balaban J connectivity index is 1.58. The van der Waals surface area contributed by atoms with Crippen molar-refractivity contribution in [2.45, 2.75) is 20.8 Å². The van der Waals surface area contributed by atoms with Crippen LogP contribution in [-0.2, 0) is 4.79 Å². The number of non-ortho nitro benzene ring substituents is 1. The molecule has 11 nitrogen and oxygen atoms in total. The summed E-state index contributed by atoms with van der Waals surface area (Å²) < 4.78 is 7.58. The number of carbonyl (C=O) groups is 1. The first kappa shape index (κ1) is 27.3. The number of nitrogens with zero attached hydrogens (tertiary/aromatic N) is 4. The van der Waals surface area contributed by atoms with Gasteiger partial charge in [0.1, 0.15) is 17.4 Å². The van der Waals surface area contributed by atoms with E-state index in [4.69, 9.17) is 4.74 Å². The molecule has 1 heterocycles. The van der Waals surface area contributed by atoms with Crippen molar-refractivity contribution in [3.63, 3.8) is 0 Å². The van der Waals surface area contributed by atoms with E-state index >= 15 is 0 Å². The zero-order chi connectivity index (χ0) is 29.0. The van der Waals surface area contributed by atoms with Crippen LogP contribution in [0, 0.1) is 52.3 Å². The molecule has 1 aromatic heterocycles. The maximum absolute atomic E-state index is 12.8. The summed E-state index contributed by atoms with van der Waals surface area (Å²) in [4.78, 5) is 33.7. The summed E-state index contributed by atoms with van der Waals surface area (Å²) in [6, 6.07) is 21.0. The number of hydrogen-bond donors (Lipinski definition) is 1. The molecule has 0 saturated carbocycles. The van der Waals surface area contributed by atoms with Crippen molar-refractivity contribution in [3.05, 3.63) is 121 Å². The van der Waals surface area contributed by atoms with Crippen molar-refractivity contribution in [2.75, 3.05) is 5.32 Å². The summed E-state index contributed by atoms with van der Waals surface area (Å²) in [5.41, 5.74) is 3.60. The molecule has 11 heteroatoms. The molecule has 3 aromatic carbocycles. The molecule has 0 aliphatic rings. The minimum Gasteiger partial charge on any atom is -0.450 e. The van der Waals surface area contributed by atoms with Gasteiger partial charge < -0.3 is 14.6 Å². The summed E-state index contributed by atoms with van der Waals surface area (Å²) >= 11 is 0. The van der Waals surface area contributed by atoms with Crippen molar-refractivity contribution in [3.8, 4) is 23.3 Å². The number of benzene rings is 3. The maximum atomic E-state index is 12.8. The van der Waals surface area contributed by atoms with Gasteiger partial charge >= 0.3 is 5.69 Å². The van der Waals surface area contributed by atoms with Crippen LogP contribution in [0.2, 0.25) is 0 Å². The van der Waals surface area contributed by atoms with Gasteiger partial charge in [0.25, 0.3) is 11.6 Å². The number of nitrogens with one attached hydrogen (secondary N) is 1. The van der Waals surface area contributed by atoms with Gasteiger partial charge in [-0.1, -0.05) is 18.2 Å². The fourth-order valence-electron chi connectivity index (χ4n) is 4.18. The van der Waals surface area contributed by atoms with Crippen LogP contribution in [0.5, 0.6) is 11.5 Å². The molecule has 0 unspecified atom stereocenters. The zero-order valence-corrected chi connectivity index (χ0v) is 21.7. The number of anilines is 1. The molecule has 200 valence electrons. The Morgan fingerprint density at radius 2 is 1.68 bits per heavy atom. The highest BCUT2D eigenvalue weighted by Gasteiger charge is 2.21. The van der Waals surface area contributed by atoms with E-state index in [1.54, 1.807) is 36.4 Å². The quantitative estimate of drug-likeness (QED) is 0.116. The largest absolute Gasteiger partial charge is 0.450 e. The average molecular weight is 538 g/mol. The van der Waals surface area contributed by atoms with E-state index < -0.39 is 27.1 Å². The Morgan fingerprint density at radius 3 is 2.30 bits per heavy atom. The molecule has 1 N–H and O–H groups in total. The highest BCUT2D eigenvalue weighted by molar-refractivity contribution is 6.10.